The predicted molar refractivity (Wildman–Crippen MR) is 98.2 cm³/mol. The third-order valence-corrected chi connectivity index (χ3v) is 4.57. The van der Waals surface area contributed by atoms with Gasteiger partial charge in [-0.3, -0.25) is 14.4 Å². The molecule has 0 radical (unpaired) electrons. The summed E-state index contributed by atoms with van der Waals surface area (Å²) in [5.41, 5.74) is 1.17. The second-order valence-electron chi connectivity index (χ2n) is 6.19. The number of benzene rings is 2. The van der Waals surface area contributed by atoms with Crippen molar-refractivity contribution in [2.75, 3.05) is 11.4 Å². The lowest BCUT2D eigenvalue weighted by Gasteiger charge is -2.17. The Morgan fingerprint density at radius 3 is 2.42 bits per heavy atom. The summed E-state index contributed by atoms with van der Waals surface area (Å²) in [7, 11) is 0. The molecule has 6 heteroatoms. The van der Waals surface area contributed by atoms with Crippen molar-refractivity contribution in [1.29, 1.82) is 0 Å². The van der Waals surface area contributed by atoms with E-state index < -0.39 is 18.0 Å². The van der Waals surface area contributed by atoms with Crippen LogP contribution in [-0.2, 0) is 14.3 Å². The molecule has 0 aliphatic carbocycles. The summed E-state index contributed by atoms with van der Waals surface area (Å²) >= 11 is 5.81. The standard InChI is InChI=1S/C20H18ClNO4/c1-13(19(24)14-7-9-16(21)10-8-14)26-20(25)15-11-18(23)22(12-15)17-5-3-2-4-6-17/h2-10,13,15H,11-12H2,1H3/t13-,15-/m0/s1. The SMILES string of the molecule is C[C@H](OC(=O)[C@H]1CC(=O)N(c2ccccc2)C1)C(=O)c1ccc(Cl)cc1. The highest BCUT2D eigenvalue weighted by Gasteiger charge is 2.37. The minimum Gasteiger partial charge on any atom is -0.454 e. The Balaban J connectivity index is 1.62. The van der Waals surface area contributed by atoms with Crippen LogP contribution in [0.3, 0.4) is 0 Å². The molecule has 3 rings (SSSR count). The van der Waals surface area contributed by atoms with Crippen LogP contribution in [0.4, 0.5) is 5.69 Å². The van der Waals surface area contributed by atoms with Crippen molar-refractivity contribution in [3.05, 3.63) is 65.2 Å². The molecule has 2 aromatic carbocycles. The first-order chi connectivity index (χ1) is 12.5. The third kappa shape index (κ3) is 3.94. The monoisotopic (exact) mass is 371 g/mol. The fraction of sp³-hybridized carbons (Fsp3) is 0.250. The zero-order valence-corrected chi connectivity index (χ0v) is 15.0. The summed E-state index contributed by atoms with van der Waals surface area (Å²) < 4.78 is 5.31. The summed E-state index contributed by atoms with van der Waals surface area (Å²) in [5.74, 6) is -1.55. The third-order valence-electron chi connectivity index (χ3n) is 4.32. The Bertz CT molecular complexity index is 819. The molecular weight excluding hydrogens is 354 g/mol. The van der Waals surface area contributed by atoms with Gasteiger partial charge in [-0.2, -0.15) is 0 Å². The van der Waals surface area contributed by atoms with Crippen molar-refractivity contribution in [1.82, 2.24) is 0 Å². The van der Waals surface area contributed by atoms with Crippen LogP contribution in [0, 0.1) is 5.92 Å². The molecule has 1 amide bonds. The number of ether oxygens (including phenoxy) is 1. The van der Waals surface area contributed by atoms with E-state index in [4.69, 9.17) is 16.3 Å². The zero-order valence-electron chi connectivity index (χ0n) is 14.2. The first kappa shape index (κ1) is 18.1. The maximum atomic E-state index is 12.4. The number of carbonyl (C=O) groups is 3. The number of carbonyl (C=O) groups excluding carboxylic acids is 3. The highest BCUT2D eigenvalue weighted by atomic mass is 35.5. The highest BCUT2D eigenvalue weighted by molar-refractivity contribution is 6.30. The normalized spacial score (nSPS) is 17.8. The van der Waals surface area contributed by atoms with E-state index in [0.29, 0.717) is 10.6 Å². The van der Waals surface area contributed by atoms with E-state index in [9.17, 15) is 14.4 Å². The molecule has 0 unspecified atom stereocenters. The van der Waals surface area contributed by atoms with Crippen LogP contribution in [0.15, 0.2) is 54.6 Å². The van der Waals surface area contributed by atoms with Gasteiger partial charge in [-0.15, -0.1) is 0 Å². The van der Waals surface area contributed by atoms with Gasteiger partial charge in [0.15, 0.2) is 6.10 Å². The highest BCUT2D eigenvalue weighted by Crippen LogP contribution is 2.26. The quantitative estimate of drug-likeness (QED) is 0.596. The maximum absolute atomic E-state index is 12.4. The van der Waals surface area contributed by atoms with Crippen LogP contribution >= 0.6 is 11.6 Å². The molecule has 1 aliphatic rings. The summed E-state index contributed by atoms with van der Waals surface area (Å²) in [4.78, 5) is 38.5. The smallest absolute Gasteiger partial charge is 0.312 e. The van der Waals surface area contributed by atoms with Gasteiger partial charge >= 0.3 is 5.97 Å². The number of anilines is 1. The van der Waals surface area contributed by atoms with Gasteiger partial charge in [0.05, 0.1) is 5.92 Å². The second kappa shape index (κ2) is 7.70. The molecule has 2 atom stereocenters. The molecule has 5 nitrogen and oxygen atoms in total. The van der Waals surface area contributed by atoms with Gasteiger partial charge in [0.1, 0.15) is 0 Å². The first-order valence-electron chi connectivity index (χ1n) is 8.31. The molecule has 1 saturated heterocycles. The second-order valence-corrected chi connectivity index (χ2v) is 6.63. The van der Waals surface area contributed by atoms with E-state index in [-0.39, 0.29) is 24.7 Å². The van der Waals surface area contributed by atoms with Crippen molar-refractivity contribution in [2.24, 2.45) is 5.92 Å². The van der Waals surface area contributed by atoms with Gasteiger partial charge in [0.2, 0.25) is 11.7 Å². The van der Waals surface area contributed by atoms with Crippen molar-refractivity contribution >= 4 is 34.9 Å². The van der Waals surface area contributed by atoms with Crippen LogP contribution in [0.25, 0.3) is 0 Å². The fourth-order valence-corrected chi connectivity index (χ4v) is 3.02. The van der Waals surface area contributed by atoms with Gasteiger partial charge in [0, 0.05) is 29.2 Å². The Hall–Kier alpha value is -2.66. The molecule has 1 heterocycles. The van der Waals surface area contributed by atoms with Crippen LogP contribution in [0.5, 0.6) is 0 Å². The van der Waals surface area contributed by atoms with E-state index >= 15 is 0 Å². The number of ketones is 1. The topological polar surface area (TPSA) is 63.7 Å². The Labute approximate surface area is 156 Å². The Morgan fingerprint density at radius 1 is 1.12 bits per heavy atom. The number of hydrogen-bond donors (Lipinski definition) is 0. The average molecular weight is 372 g/mol. The van der Waals surface area contributed by atoms with Crippen LogP contribution in [0.1, 0.15) is 23.7 Å². The summed E-state index contributed by atoms with van der Waals surface area (Å²) in [6.45, 7) is 1.78. The Kier molecular flexibility index (Phi) is 5.38. The number of hydrogen-bond acceptors (Lipinski definition) is 4. The van der Waals surface area contributed by atoms with Gasteiger partial charge in [-0.05, 0) is 43.3 Å². The number of nitrogens with zero attached hydrogens (tertiary/aromatic N) is 1. The van der Waals surface area contributed by atoms with Crippen molar-refractivity contribution < 1.29 is 19.1 Å². The van der Waals surface area contributed by atoms with Crippen molar-refractivity contribution in [3.8, 4) is 0 Å². The van der Waals surface area contributed by atoms with E-state index in [1.54, 1.807) is 29.2 Å². The number of rotatable bonds is 5. The number of halogens is 1. The lowest BCUT2D eigenvalue weighted by molar-refractivity contribution is -0.151. The van der Waals surface area contributed by atoms with Crippen molar-refractivity contribution in [3.63, 3.8) is 0 Å². The molecule has 0 bridgehead atoms. The van der Waals surface area contributed by atoms with Gasteiger partial charge in [-0.1, -0.05) is 29.8 Å². The van der Waals surface area contributed by atoms with E-state index in [0.717, 1.165) is 5.69 Å². The fourth-order valence-electron chi connectivity index (χ4n) is 2.90. The first-order valence-corrected chi connectivity index (χ1v) is 8.69. The van der Waals surface area contributed by atoms with Gasteiger partial charge in [-0.25, -0.2) is 0 Å². The molecule has 1 fully saturated rings. The minimum atomic E-state index is -0.926. The van der Waals surface area contributed by atoms with Gasteiger partial charge < -0.3 is 9.64 Å². The summed E-state index contributed by atoms with van der Waals surface area (Å²) in [5, 5.41) is 0.525. The molecular formula is C20H18ClNO4. The van der Waals surface area contributed by atoms with Crippen molar-refractivity contribution in [2.45, 2.75) is 19.4 Å². The number of para-hydroxylation sites is 1. The lowest BCUT2D eigenvalue weighted by Crippen LogP contribution is -2.30. The van der Waals surface area contributed by atoms with Crippen LogP contribution in [-0.4, -0.2) is 30.3 Å². The summed E-state index contributed by atoms with van der Waals surface area (Å²) in [6.07, 6.45) is -0.847. The number of amides is 1. The van der Waals surface area contributed by atoms with E-state index in [2.05, 4.69) is 0 Å². The van der Waals surface area contributed by atoms with Crippen LogP contribution < -0.4 is 4.90 Å². The van der Waals surface area contributed by atoms with E-state index in [1.807, 2.05) is 30.3 Å². The lowest BCUT2D eigenvalue weighted by atomic mass is 10.1. The molecule has 134 valence electrons. The molecule has 1 aliphatic heterocycles. The maximum Gasteiger partial charge on any atom is 0.312 e. The molecule has 0 aromatic heterocycles. The molecule has 2 aromatic rings. The predicted octanol–water partition coefficient (Wildman–Crippen LogP) is 3.51. The number of esters is 1. The largest absolute Gasteiger partial charge is 0.454 e. The van der Waals surface area contributed by atoms with Crippen LogP contribution in [0.2, 0.25) is 5.02 Å². The molecule has 26 heavy (non-hydrogen) atoms. The molecule has 0 spiro atoms. The average Bonchev–Trinajstić information content (AvgIpc) is 3.04. The zero-order chi connectivity index (χ0) is 18.7. The minimum absolute atomic E-state index is 0.0790. The van der Waals surface area contributed by atoms with E-state index in [1.165, 1.54) is 6.92 Å². The number of Topliss-reactive ketones (excluding diaryl/α,β-unsaturated/α-hetero) is 1. The Morgan fingerprint density at radius 2 is 1.77 bits per heavy atom. The molecule has 0 saturated carbocycles. The summed E-state index contributed by atoms with van der Waals surface area (Å²) in [6, 6.07) is 15.6. The molecule has 0 N–H and O–H groups in total. The van der Waals surface area contributed by atoms with Gasteiger partial charge in [0.25, 0.3) is 0 Å².